The molecule has 5 nitrogen and oxygen atoms in total. The number of anilines is 1. The molecular weight excluding hydrogens is 368 g/mol. The molecule has 2 aromatic rings. The van der Waals surface area contributed by atoms with E-state index in [4.69, 9.17) is 0 Å². The predicted octanol–water partition coefficient (Wildman–Crippen LogP) is 3.72. The molecule has 1 aromatic carbocycles. The number of aryl methyl sites for hydroxylation is 1. The Bertz CT molecular complexity index is 736. The van der Waals surface area contributed by atoms with Gasteiger partial charge in [0.15, 0.2) is 0 Å². The number of nitrogens with zero attached hydrogens (tertiary/aromatic N) is 2. The molecule has 3 heterocycles. The number of fused-ring (bicyclic) bond motifs is 2. The average Bonchev–Trinajstić information content (AvgIpc) is 3.15. The molecule has 0 saturated carbocycles. The number of aromatic nitrogens is 2. The van der Waals surface area contributed by atoms with Crippen LogP contribution in [0.1, 0.15) is 48.2 Å². The lowest BCUT2D eigenvalue weighted by atomic mass is 9.89. The van der Waals surface area contributed by atoms with Gasteiger partial charge in [0.1, 0.15) is 5.01 Å². The van der Waals surface area contributed by atoms with Crippen LogP contribution in [-0.2, 0) is 11.2 Å². The third-order valence-corrected chi connectivity index (χ3v) is 6.07. The fraction of sp³-hybridized carbons (Fsp3) is 0.526. The smallest absolute Gasteiger partial charge is 0.226 e. The predicted molar refractivity (Wildman–Crippen MR) is 107 cm³/mol. The summed E-state index contributed by atoms with van der Waals surface area (Å²) in [6.45, 7) is 2.08. The molecule has 2 unspecified atom stereocenters. The summed E-state index contributed by atoms with van der Waals surface area (Å²) in [7, 11) is 0. The Balaban J connectivity index is 0.00000196. The number of hydrogen-bond donors (Lipinski definition) is 2. The standard InChI is InChI=1S/C19H24N4OS.ClH/c1-12-2-4-13(5-3-12)11-18-22-23-19(25-18)21-17(24)10-14-8-15-6-7-16(9-14)20-15;/h2-5,14-16,20H,6-11H2,1H3,(H,21,23,24);1H. The monoisotopic (exact) mass is 392 g/mol. The van der Waals surface area contributed by atoms with E-state index in [-0.39, 0.29) is 18.3 Å². The number of nitrogens with one attached hydrogen (secondary N) is 2. The van der Waals surface area contributed by atoms with Crippen molar-refractivity contribution in [2.45, 2.75) is 57.5 Å². The lowest BCUT2D eigenvalue weighted by Gasteiger charge is -2.28. The molecule has 26 heavy (non-hydrogen) atoms. The second-order valence-electron chi connectivity index (χ2n) is 7.39. The fourth-order valence-corrected chi connectivity index (χ4v) is 4.82. The van der Waals surface area contributed by atoms with Gasteiger partial charge in [-0.15, -0.1) is 22.6 Å². The first-order valence-corrected chi connectivity index (χ1v) is 9.89. The first-order chi connectivity index (χ1) is 12.1. The van der Waals surface area contributed by atoms with Crippen LogP contribution in [0.5, 0.6) is 0 Å². The topological polar surface area (TPSA) is 66.9 Å². The quantitative estimate of drug-likeness (QED) is 0.813. The zero-order chi connectivity index (χ0) is 17.2. The van der Waals surface area contributed by atoms with E-state index in [0.29, 0.717) is 29.6 Å². The van der Waals surface area contributed by atoms with Crippen molar-refractivity contribution in [3.05, 3.63) is 40.4 Å². The van der Waals surface area contributed by atoms with E-state index in [9.17, 15) is 4.79 Å². The highest BCUT2D eigenvalue weighted by Gasteiger charge is 2.34. The van der Waals surface area contributed by atoms with E-state index in [1.165, 1.54) is 35.3 Å². The minimum Gasteiger partial charge on any atom is -0.311 e. The molecule has 2 aliphatic heterocycles. The summed E-state index contributed by atoms with van der Waals surface area (Å²) in [4.78, 5) is 12.3. The van der Waals surface area contributed by atoms with Crippen molar-refractivity contribution in [1.29, 1.82) is 0 Å². The molecule has 0 radical (unpaired) electrons. The number of rotatable bonds is 5. The number of carbonyl (C=O) groups is 1. The fourth-order valence-electron chi connectivity index (χ4n) is 4.03. The Morgan fingerprint density at radius 1 is 1.19 bits per heavy atom. The second-order valence-corrected chi connectivity index (χ2v) is 8.45. The summed E-state index contributed by atoms with van der Waals surface area (Å²) < 4.78 is 0. The normalized spacial score (nSPS) is 24.1. The maximum atomic E-state index is 12.3. The molecular formula is C19H25ClN4OS. The number of benzene rings is 1. The van der Waals surface area contributed by atoms with Gasteiger partial charge in [0.25, 0.3) is 0 Å². The molecule has 2 N–H and O–H groups in total. The van der Waals surface area contributed by atoms with Gasteiger partial charge in [0.2, 0.25) is 11.0 Å². The van der Waals surface area contributed by atoms with Crippen LogP contribution in [0.2, 0.25) is 0 Å². The van der Waals surface area contributed by atoms with Crippen LogP contribution in [-0.4, -0.2) is 28.2 Å². The Hall–Kier alpha value is -1.50. The Labute approximate surface area is 164 Å². The van der Waals surface area contributed by atoms with Gasteiger partial charge in [-0.25, -0.2) is 0 Å². The Kier molecular flexibility index (Phi) is 6.27. The minimum absolute atomic E-state index is 0. The molecule has 140 valence electrons. The van der Waals surface area contributed by atoms with E-state index >= 15 is 0 Å². The summed E-state index contributed by atoms with van der Waals surface area (Å²) in [6.07, 6.45) is 6.13. The van der Waals surface area contributed by atoms with Gasteiger partial charge < -0.3 is 10.6 Å². The molecule has 1 amide bonds. The molecule has 2 bridgehead atoms. The lowest BCUT2D eigenvalue weighted by Crippen LogP contribution is -2.39. The summed E-state index contributed by atoms with van der Waals surface area (Å²) in [5.41, 5.74) is 2.46. The maximum absolute atomic E-state index is 12.3. The molecule has 0 aliphatic carbocycles. The minimum atomic E-state index is 0. The van der Waals surface area contributed by atoms with E-state index in [1.807, 2.05) is 0 Å². The summed E-state index contributed by atoms with van der Waals surface area (Å²) >= 11 is 1.47. The Morgan fingerprint density at radius 2 is 1.88 bits per heavy atom. The molecule has 2 fully saturated rings. The summed E-state index contributed by atoms with van der Waals surface area (Å²) in [5, 5.41) is 16.4. The van der Waals surface area contributed by atoms with Crippen molar-refractivity contribution in [2.24, 2.45) is 5.92 Å². The Morgan fingerprint density at radius 3 is 2.58 bits per heavy atom. The maximum Gasteiger partial charge on any atom is 0.226 e. The number of amides is 1. The summed E-state index contributed by atoms with van der Waals surface area (Å²) in [5.74, 6) is 0.572. The number of hydrogen-bond acceptors (Lipinski definition) is 5. The van der Waals surface area contributed by atoms with Gasteiger partial charge in [0, 0.05) is 24.9 Å². The second kappa shape index (κ2) is 8.46. The molecule has 2 aliphatic rings. The third kappa shape index (κ3) is 4.81. The van der Waals surface area contributed by atoms with Crippen LogP contribution in [0, 0.1) is 12.8 Å². The zero-order valence-electron chi connectivity index (χ0n) is 14.9. The van der Waals surface area contributed by atoms with Crippen molar-refractivity contribution in [1.82, 2.24) is 15.5 Å². The van der Waals surface area contributed by atoms with Crippen LogP contribution >= 0.6 is 23.7 Å². The van der Waals surface area contributed by atoms with Crippen molar-refractivity contribution in [3.8, 4) is 0 Å². The largest absolute Gasteiger partial charge is 0.311 e. The van der Waals surface area contributed by atoms with Crippen molar-refractivity contribution >= 4 is 34.8 Å². The zero-order valence-corrected chi connectivity index (χ0v) is 16.5. The highest BCUT2D eigenvalue weighted by molar-refractivity contribution is 7.15. The number of halogens is 1. The van der Waals surface area contributed by atoms with Gasteiger partial charge in [-0.3, -0.25) is 4.79 Å². The lowest BCUT2D eigenvalue weighted by molar-refractivity contribution is -0.117. The van der Waals surface area contributed by atoms with Gasteiger partial charge in [-0.05, 0) is 44.1 Å². The average molecular weight is 393 g/mol. The number of piperidine rings is 1. The van der Waals surface area contributed by atoms with E-state index < -0.39 is 0 Å². The van der Waals surface area contributed by atoms with Crippen LogP contribution in [0.25, 0.3) is 0 Å². The van der Waals surface area contributed by atoms with Crippen molar-refractivity contribution in [3.63, 3.8) is 0 Å². The van der Waals surface area contributed by atoms with Crippen LogP contribution in [0.4, 0.5) is 5.13 Å². The first-order valence-electron chi connectivity index (χ1n) is 9.08. The highest BCUT2D eigenvalue weighted by atomic mass is 35.5. The summed E-state index contributed by atoms with van der Waals surface area (Å²) in [6, 6.07) is 9.68. The highest BCUT2D eigenvalue weighted by Crippen LogP contribution is 2.33. The molecule has 4 rings (SSSR count). The van der Waals surface area contributed by atoms with Gasteiger partial charge >= 0.3 is 0 Å². The SMILES string of the molecule is Cc1ccc(Cc2nnc(NC(=O)CC3CC4CCC(C3)N4)s2)cc1.Cl. The van der Waals surface area contributed by atoms with Gasteiger partial charge in [-0.2, -0.15) is 0 Å². The van der Waals surface area contributed by atoms with Crippen molar-refractivity contribution < 1.29 is 4.79 Å². The van der Waals surface area contributed by atoms with Gasteiger partial charge in [-0.1, -0.05) is 41.2 Å². The molecule has 2 saturated heterocycles. The van der Waals surface area contributed by atoms with E-state index in [0.717, 1.165) is 24.3 Å². The van der Waals surface area contributed by atoms with Gasteiger partial charge in [0.05, 0.1) is 0 Å². The van der Waals surface area contributed by atoms with Crippen molar-refractivity contribution in [2.75, 3.05) is 5.32 Å². The number of carbonyl (C=O) groups excluding carboxylic acids is 1. The third-order valence-electron chi connectivity index (χ3n) is 5.23. The first kappa shape index (κ1) is 19.3. The molecule has 7 heteroatoms. The van der Waals surface area contributed by atoms with E-state index in [2.05, 4.69) is 52.0 Å². The molecule has 2 atom stereocenters. The molecule has 1 aromatic heterocycles. The van der Waals surface area contributed by atoms with Crippen LogP contribution in [0.3, 0.4) is 0 Å². The molecule has 0 spiro atoms. The van der Waals surface area contributed by atoms with Crippen LogP contribution in [0.15, 0.2) is 24.3 Å². The van der Waals surface area contributed by atoms with E-state index in [1.54, 1.807) is 0 Å². The van der Waals surface area contributed by atoms with Crippen LogP contribution < -0.4 is 10.6 Å².